The summed E-state index contributed by atoms with van der Waals surface area (Å²) in [5.74, 6) is 0.898. The molecule has 17 heavy (non-hydrogen) atoms. The molecule has 0 aliphatic heterocycles. The molecule has 0 fully saturated rings. The number of hydrogen-bond donors (Lipinski definition) is 1. The Bertz CT molecular complexity index is 499. The Balaban J connectivity index is 2.04. The van der Waals surface area contributed by atoms with Crippen molar-refractivity contribution in [2.24, 2.45) is 0 Å². The van der Waals surface area contributed by atoms with Gasteiger partial charge < -0.3 is 4.74 Å². The van der Waals surface area contributed by atoms with E-state index in [1.807, 2.05) is 12.1 Å². The van der Waals surface area contributed by atoms with E-state index in [-0.39, 0.29) is 5.78 Å². The van der Waals surface area contributed by atoms with Crippen LogP contribution >= 0.6 is 11.8 Å². The summed E-state index contributed by atoms with van der Waals surface area (Å²) in [6.07, 6.45) is 1.41. The highest BCUT2D eigenvalue weighted by Crippen LogP contribution is 2.21. The van der Waals surface area contributed by atoms with E-state index < -0.39 is 0 Å². The number of H-pyrrole nitrogens is 1. The van der Waals surface area contributed by atoms with Crippen molar-refractivity contribution in [1.82, 2.24) is 15.2 Å². The number of hydrogen-bond acceptors (Lipinski definition) is 5. The van der Waals surface area contributed by atoms with Gasteiger partial charge in [0, 0.05) is 0 Å². The fourth-order valence-electron chi connectivity index (χ4n) is 1.35. The standard InChI is InChI=1S/C11H11N3O2S/c1-16-10-5-3-2-4-8(10)9(15)6-17-11-12-7-13-14-11/h2-5,7H,6H2,1H3,(H,12,13,14). The number of ether oxygens (including phenoxy) is 1. The van der Waals surface area contributed by atoms with E-state index >= 15 is 0 Å². The topological polar surface area (TPSA) is 67.9 Å². The molecule has 0 bridgehead atoms. The van der Waals surface area contributed by atoms with Crippen LogP contribution in [0.4, 0.5) is 0 Å². The molecular weight excluding hydrogens is 238 g/mol. The predicted molar refractivity (Wildman–Crippen MR) is 64.4 cm³/mol. The largest absolute Gasteiger partial charge is 0.496 e. The summed E-state index contributed by atoms with van der Waals surface area (Å²) >= 11 is 1.31. The summed E-state index contributed by atoms with van der Waals surface area (Å²) < 4.78 is 5.14. The van der Waals surface area contributed by atoms with Crippen molar-refractivity contribution < 1.29 is 9.53 Å². The molecule has 0 spiro atoms. The van der Waals surface area contributed by atoms with Gasteiger partial charge in [0.15, 0.2) is 10.9 Å². The highest BCUT2D eigenvalue weighted by Gasteiger charge is 2.12. The van der Waals surface area contributed by atoms with Gasteiger partial charge in [0.2, 0.25) is 0 Å². The van der Waals surface area contributed by atoms with Gasteiger partial charge in [0.1, 0.15) is 12.1 Å². The van der Waals surface area contributed by atoms with Crippen LogP contribution in [0.15, 0.2) is 35.7 Å². The number of carbonyl (C=O) groups is 1. The maximum Gasteiger partial charge on any atom is 0.183 e. The van der Waals surface area contributed by atoms with Gasteiger partial charge >= 0.3 is 0 Å². The number of rotatable bonds is 5. The summed E-state index contributed by atoms with van der Waals surface area (Å²) in [6, 6.07) is 7.17. The minimum absolute atomic E-state index is 0.00356. The molecule has 0 amide bonds. The summed E-state index contributed by atoms with van der Waals surface area (Å²) in [5.41, 5.74) is 0.585. The van der Waals surface area contributed by atoms with E-state index in [0.29, 0.717) is 22.2 Å². The molecule has 0 aliphatic rings. The molecule has 0 radical (unpaired) electrons. The molecule has 0 unspecified atom stereocenters. The molecule has 88 valence electrons. The number of ketones is 1. The molecule has 5 nitrogen and oxygen atoms in total. The molecular formula is C11H11N3O2S. The van der Waals surface area contributed by atoms with Gasteiger partial charge in [-0.25, -0.2) is 4.98 Å². The molecule has 0 aliphatic carbocycles. The Kier molecular flexibility index (Phi) is 3.77. The molecule has 1 aromatic heterocycles. The van der Waals surface area contributed by atoms with Crippen LogP contribution in [0.5, 0.6) is 5.75 Å². The van der Waals surface area contributed by atoms with Crippen LogP contribution in [0.3, 0.4) is 0 Å². The monoisotopic (exact) mass is 249 g/mol. The van der Waals surface area contributed by atoms with Crippen molar-refractivity contribution in [3.05, 3.63) is 36.2 Å². The number of aromatic amines is 1. The second kappa shape index (κ2) is 5.49. The Labute approximate surface area is 103 Å². The molecule has 6 heteroatoms. The van der Waals surface area contributed by atoms with Crippen molar-refractivity contribution in [3.8, 4) is 5.75 Å². The average Bonchev–Trinajstić information content (AvgIpc) is 2.89. The number of benzene rings is 1. The number of nitrogens with one attached hydrogen (secondary N) is 1. The van der Waals surface area contributed by atoms with Crippen LogP contribution in [0.2, 0.25) is 0 Å². The fourth-order valence-corrected chi connectivity index (χ4v) is 2.01. The van der Waals surface area contributed by atoms with Crippen LogP contribution in [-0.4, -0.2) is 33.8 Å². The minimum Gasteiger partial charge on any atom is -0.496 e. The first-order valence-electron chi connectivity index (χ1n) is 4.95. The number of methoxy groups -OCH3 is 1. The minimum atomic E-state index is 0.00356. The zero-order valence-corrected chi connectivity index (χ0v) is 10.0. The summed E-state index contributed by atoms with van der Waals surface area (Å²) in [5, 5.41) is 7.04. The second-order valence-corrected chi connectivity index (χ2v) is 4.17. The van der Waals surface area contributed by atoms with Crippen LogP contribution in [0.25, 0.3) is 0 Å². The predicted octanol–water partition coefficient (Wildman–Crippen LogP) is 1.79. The van der Waals surface area contributed by atoms with Crippen molar-refractivity contribution in [2.45, 2.75) is 5.16 Å². The van der Waals surface area contributed by atoms with Gasteiger partial charge in [-0.15, -0.1) is 0 Å². The zero-order valence-electron chi connectivity index (χ0n) is 9.21. The quantitative estimate of drug-likeness (QED) is 0.646. The average molecular weight is 249 g/mol. The van der Waals surface area contributed by atoms with Crippen LogP contribution in [0, 0.1) is 0 Å². The lowest BCUT2D eigenvalue weighted by Gasteiger charge is -2.05. The number of para-hydroxylation sites is 1. The van der Waals surface area contributed by atoms with Gasteiger partial charge in [-0.05, 0) is 12.1 Å². The number of carbonyl (C=O) groups excluding carboxylic acids is 1. The van der Waals surface area contributed by atoms with Crippen LogP contribution in [-0.2, 0) is 0 Å². The first kappa shape index (κ1) is 11.7. The molecule has 2 rings (SSSR count). The number of Topliss-reactive ketones (excluding diaryl/α,β-unsaturated/α-hetero) is 1. The highest BCUT2D eigenvalue weighted by atomic mass is 32.2. The summed E-state index contributed by atoms with van der Waals surface area (Å²) in [6.45, 7) is 0. The lowest BCUT2D eigenvalue weighted by molar-refractivity contribution is 0.101. The first-order chi connectivity index (χ1) is 8.31. The molecule has 0 saturated carbocycles. The van der Waals surface area contributed by atoms with Gasteiger partial charge in [-0.1, -0.05) is 23.9 Å². The fraction of sp³-hybridized carbons (Fsp3) is 0.182. The number of aromatic nitrogens is 3. The Morgan fingerprint density at radius 2 is 2.29 bits per heavy atom. The normalized spacial score (nSPS) is 10.2. The summed E-state index contributed by atoms with van der Waals surface area (Å²) in [7, 11) is 1.55. The molecule has 0 saturated heterocycles. The van der Waals surface area contributed by atoms with E-state index in [1.54, 1.807) is 19.2 Å². The third-order valence-electron chi connectivity index (χ3n) is 2.14. The van der Waals surface area contributed by atoms with Crippen molar-refractivity contribution in [1.29, 1.82) is 0 Å². The Hall–Kier alpha value is -1.82. The molecule has 1 N–H and O–H groups in total. The maximum atomic E-state index is 12.0. The third-order valence-corrected chi connectivity index (χ3v) is 3.02. The van der Waals surface area contributed by atoms with E-state index in [9.17, 15) is 4.79 Å². The molecule has 0 atom stereocenters. The van der Waals surface area contributed by atoms with Crippen LogP contribution in [0.1, 0.15) is 10.4 Å². The lowest BCUT2D eigenvalue weighted by Crippen LogP contribution is -2.04. The van der Waals surface area contributed by atoms with Crippen molar-refractivity contribution in [2.75, 3.05) is 12.9 Å². The van der Waals surface area contributed by atoms with E-state index in [4.69, 9.17) is 4.74 Å². The number of nitrogens with zero attached hydrogens (tertiary/aromatic N) is 2. The van der Waals surface area contributed by atoms with Gasteiger partial charge in [0.25, 0.3) is 0 Å². The SMILES string of the molecule is COc1ccccc1C(=O)CSc1ncn[nH]1. The number of thioether (sulfide) groups is 1. The summed E-state index contributed by atoms with van der Waals surface area (Å²) in [4.78, 5) is 15.9. The van der Waals surface area contributed by atoms with Crippen molar-refractivity contribution >= 4 is 17.5 Å². The second-order valence-electron chi connectivity index (χ2n) is 3.20. The Morgan fingerprint density at radius 3 is 3.00 bits per heavy atom. The molecule has 1 heterocycles. The van der Waals surface area contributed by atoms with E-state index in [2.05, 4.69) is 15.2 Å². The zero-order chi connectivity index (χ0) is 12.1. The van der Waals surface area contributed by atoms with Crippen LogP contribution < -0.4 is 4.74 Å². The molecule has 1 aromatic carbocycles. The van der Waals surface area contributed by atoms with Gasteiger partial charge in [-0.2, -0.15) is 5.10 Å². The van der Waals surface area contributed by atoms with E-state index in [1.165, 1.54) is 18.1 Å². The van der Waals surface area contributed by atoms with Crippen molar-refractivity contribution in [3.63, 3.8) is 0 Å². The highest BCUT2D eigenvalue weighted by molar-refractivity contribution is 7.99. The third kappa shape index (κ3) is 2.85. The Morgan fingerprint density at radius 1 is 1.47 bits per heavy atom. The molecule has 2 aromatic rings. The van der Waals surface area contributed by atoms with Gasteiger partial charge in [-0.3, -0.25) is 9.89 Å². The van der Waals surface area contributed by atoms with Gasteiger partial charge in [0.05, 0.1) is 18.4 Å². The van der Waals surface area contributed by atoms with E-state index in [0.717, 1.165) is 0 Å². The first-order valence-corrected chi connectivity index (χ1v) is 5.94. The lowest BCUT2D eigenvalue weighted by atomic mass is 10.1. The maximum absolute atomic E-state index is 12.0. The smallest absolute Gasteiger partial charge is 0.183 e.